The van der Waals surface area contributed by atoms with E-state index in [1.807, 2.05) is 0 Å². The van der Waals surface area contributed by atoms with Gasteiger partial charge in [-0.25, -0.2) is 0 Å². The van der Waals surface area contributed by atoms with Crippen LogP contribution < -0.4 is 0 Å². The summed E-state index contributed by atoms with van der Waals surface area (Å²) >= 11 is 0. The van der Waals surface area contributed by atoms with Gasteiger partial charge in [-0.05, 0) is 0 Å². The molecule has 9 heteroatoms. The molecule has 90 valence electrons. The number of hydrogen-bond donors (Lipinski definition) is 2. The molecule has 0 aromatic heterocycles. The van der Waals surface area contributed by atoms with E-state index in [0.717, 1.165) is 0 Å². The third kappa shape index (κ3) is 6.77. The summed E-state index contributed by atoms with van der Waals surface area (Å²) in [6.07, 6.45) is 0.133. The largest absolute Gasteiger partial charge is 2.00 e. The zero-order valence-electron chi connectivity index (χ0n) is 10.3. The Hall–Kier alpha value is -0.644. The van der Waals surface area contributed by atoms with E-state index >= 15 is 0 Å². The first-order valence-electron chi connectivity index (χ1n) is 3.74. The van der Waals surface area contributed by atoms with Crippen molar-refractivity contribution < 1.29 is 35.3 Å². The molecule has 1 unspecified atom stereocenters. The predicted octanol–water partition coefficient (Wildman–Crippen LogP) is -0.709. The molecule has 0 radical (unpaired) electrons. The summed E-state index contributed by atoms with van der Waals surface area (Å²) in [5.41, 5.74) is 0. The molecule has 2 N–H and O–H groups in total. The number of esters is 1. The SMILES string of the molecule is C=CCOC(=O)C(CC(=O)O)S(=O)(=O)O.[H-].[H-].[Mg+2]. The normalized spacial score (nSPS) is 12.1. The molecule has 0 spiro atoms. The van der Waals surface area contributed by atoms with Gasteiger partial charge in [0.05, 0.1) is 6.42 Å². The summed E-state index contributed by atoms with van der Waals surface area (Å²) in [6, 6.07) is 0. The van der Waals surface area contributed by atoms with Crippen LogP contribution in [-0.4, -0.2) is 64.9 Å². The Labute approximate surface area is 111 Å². The third-order valence-electron chi connectivity index (χ3n) is 1.33. The number of carbonyl (C=O) groups is 2. The van der Waals surface area contributed by atoms with Crippen LogP contribution in [-0.2, 0) is 24.4 Å². The van der Waals surface area contributed by atoms with Crippen LogP contribution in [0, 0.1) is 0 Å². The zero-order chi connectivity index (χ0) is 12.1. The summed E-state index contributed by atoms with van der Waals surface area (Å²) in [5.74, 6) is -2.85. The number of carbonyl (C=O) groups excluding carboxylic acids is 1. The van der Waals surface area contributed by atoms with Crippen LogP contribution in [0.3, 0.4) is 0 Å². The van der Waals surface area contributed by atoms with Crippen molar-refractivity contribution in [3.05, 3.63) is 12.7 Å². The number of aliphatic carboxylic acids is 1. The fourth-order valence-corrected chi connectivity index (χ4v) is 1.37. The van der Waals surface area contributed by atoms with Gasteiger partial charge in [-0.15, -0.1) is 0 Å². The topological polar surface area (TPSA) is 118 Å². The number of carboxylic acid groups (broad SMARTS) is 1. The van der Waals surface area contributed by atoms with E-state index in [9.17, 15) is 18.0 Å². The van der Waals surface area contributed by atoms with Gasteiger partial charge < -0.3 is 12.7 Å². The second kappa shape index (κ2) is 7.60. The quantitative estimate of drug-likeness (QED) is 0.281. The summed E-state index contributed by atoms with van der Waals surface area (Å²) in [5, 5.41) is 6.22. The minimum atomic E-state index is -4.78. The third-order valence-corrected chi connectivity index (χ3v) is 2.40. The first kappa shape index (κ1) is 17.7. The van der Waals surface area contributed by atoms with Crippen molar-refractivity contribution in [2.75, 3.05) is 6.61 Å². The number of carboxylic acids is 1. The van der Waals surface area contributed by atoms with Gasteiger partial charge in [0, 0.05) is 0 Å². The Kier molecular flexibility index (Phi) is 8.43. The van der Waals surface area contributed by atoms with Gasteiger partial charge in [-0.1, -0.05) is 12.7 Å². The van der Waals surface area contributed by atoms with E-state index in [-0.39, 0.29) is 32.5 Å². The molecule has 0 fully saturated rings. The molecule has 0 aliphatic carbocycles. The maximum atomic E-state index is 11.0. The molecule has 0 saturated heterocycles. The minimum absolute atomic E-state index is 0. The monoisotopic (exact) mass is 264 g/mol. The van der Waals surface area contributed by atoms with Crippen LogP contribution in [0.4, 0.5) is 0 Å². The Morgan fingerprint density at radius 3 is 2.31 bits per heavy atom. The molecule has 0 amide bonds. The first-order valence-corrected chi connectivity index (χ1v) is 5.25. The summed E-state index contributed by atoms with van der Waals surface area (Å²) in [7, 11) is -4.78. The number of rotatable bonds is 6. The average molecular weight is 265 g/mol. The van der Waals surface area contributed by atoms with Gasteiger partial charge in [0.15, 0.2) is 5.25 Å². The van der Waals surface area contributed by atoms with Gasteiger partial charge in [-0.3, -0.25) is 14.1 Å². The summed E-state index contributed by atoms with van der Waals surface area (Å²) < 4.78 is 34.2. The second-order valence-corrected chi connectivity index (χ2v) is 4.12. The van der Waals surface area contributed by atoms with Gasteiger partial charge in [0.25, 0.3) is 10.1 Å². The fraction of sp³-hybridized carbons (Fsp3) is 0.429. The molecule has 1 atom stereocenters. The molecule has 7 nitrogen and oxygen atoms in total. The van der Waals surface area contributed by atoms with Crippen LogP contribution in [0.25, 0.3) is 0 Å². The van der Waals surface area contributed by atoms with Crippen LogP contribution >= 0.6 is 0 Å². The minimum Gasteiger partial charge on any atom is -1.00 e. The van der Waals surface area contributed by atoms with Gasteiger partial charge in [0.1, 0.15) is 6.61 Å². The van der Waals surface area contributed by atoms with E-state index < -0.39 is 33.7 Å². The van der Waals surface area contributed by atoms with Crippen molar-refractivity contribution in [3.63, 3.8) is 0 Å². The molecule has 0 rings (SSSR count). The van der Waals surface area contributed by atoms with Crippen LogP contribution in [0.15, 0.2) is 12.7 Å². The van der Waals surface area contributed by atoms with Gasteiger partial charge in [-0.2, -0.15) is 8.42 Å². The average Bonchev–Trinajstić information content (AvgIpc) is 2.08. The van der Waals surface area contributed by atoms with Crippen LogP contribution in [0.1, 0.15) is 9.27 Å². The van der Waals surface area contributed by atoms with E-state index in [4.69, 9.17) is 9.66 Å². The molecule has 0 heterocycles. The fourth-order valence-electron chi connectivity index (χ4n) is 0.703. The summed E-state index contributed by atoms with van der Waals surface area (Å²) in [6.45, 7) is 2.95. The summed E-state index contributed by atoms with van der Waals surface area (Å²) in [4.78, 5) is 21.2. The van der Waals surface area contributed by atoms with Crippen molar-refractivity contribution >= 4 is 45.1 Å². The molecule has 16 heavy (non-hydrogen) atoms. The predicted molar refractivity (Wildman–Crippen MR) is 56.7 cm³/mol. The maximum Gasteiger partial charge on any atom is 2.00 e. The first-order chi connectivity index (χ1) is 6.79. The van der Waals surface area contributed by atoms with E-state index in [1.165, 1.54) is 6.08 Å². The van der Waals surface area contributed by atoms with Crippen molar-refractivity contribution in [2.45, 2.75) is 11.7 Å². The Bertz CT molecular complexity index is 370. The van der Waals surface area contributed by atoms with E-state index in [1.54, 1.807) is 0 Å². The number of hydrogen-bond acceptors (Lipinski definition) is 5. The molecule has 0 aliphatic heterocycles. The molecular weight excluding hydrogens is 252 g/mol. The Balaban J connectivity index is -0.000000327. The molecular formula is C7H12MgO7S. The Morgan fingerprint density at radius 2 is 2.00 bits per heavy atom. The standard InChI is InChI=1S/C7H10O7S.Mg.2H/c1-2-3-14-7(10)5(4-6(8)9)15(11,12)13;;;/h2,5H,1,3-4H2,(H,8,9)(H,11,12,13);;;/q;+2;2*-1. The van der Waals surface area contributed by atoms with Crippen molar-refractivity contribution in [3.8, 4) is 0 Å². The van der Waals surface area contributed by atoms with Crippen molar-refractivity contribution in [2.24, 2.45) is 0 Å². The van der Waals surface area contributed by atoms with E-state index in [2.05, 4.69) is 11.3 Å². The molecule has 0 aliphatic rings. The van der Waals surface area contributed by atoms with Crippen molar-refractivity contribution in [1.29, 1.82) is 0 Å². The Morgan fingerprint density at radius 1 is 1.50 bits per heavy atom. The van der Waals surface area contributed by atoms with E-state index in [0.29, 0.717) is 0 Å². The maximum absolute atomic E-state index is 11.0. The van der Waals surface area contributed by atoms with Crippen LogP contribution in [0.2, 0.25) is 0 Å². The molecule has 0 aromatic rings. The smallest absolute Gasteiger partial charge is 1.00 e. The zero-order valence-corrected chi connectivity index (χ0v) is 10.6. The van der Waals surface area contributed by atoms with Gasteiger partial charge in [0.2, 0.25) is 0 Å². The molecule has 0 aromatic carbocycles. The van der Waals surface area contributed by atoms with Crippen LogP contribution in [0.5, 0.6) is 0 Å². The molecule has 0 bridgehead atoms. The second-order valence-electron chi connectivity index (χ2n) is 2.52. The molecule has 0 saturated carbocycles. The van der Waals surface area contributed by atoms with Gasteiger partial charge >= 0.3 is 35.0 Å². The number of ether oxygens (including phenoxy) is 1. The van der Waals surface area contributed by atoms with Crippen molar-refractivity contribution in [1.82, 2.24) is 0 Å².